The van der Waals surface area contributed by atoms with Gasteiger partial charge in [0.05, 0.1) is 37.4 Å². The van der Waals surface area contributed by atoms with Crippen molar-refractivity contribution in [1.82, 2.24) is 9.66 Å². The minimum absolute atomic E-state index is 0.0217. The summed E-state index contributed by atoms with van der Waals surface area (Å²) in [6, 6.07) is 18.2. The maximum atomic E-state index is 13.6. The van der Waals surface area contributed by atoms with E-state index in [1.165, 1.54) is 4.68 Å². The molecule has 2 heterocycles. The number of hydrogen-bond donors (Lipinski definition) is 0. The van der Waals surface area contributed by atoms with E-state index < -0.39 is 0 Å². The zero-order chi connectivity index (χ0) is 26.8. The highest BCUT2D eigenvalue weighted by atomic mass is 79.9. The van der Waals surface area contributed by atoms with Crippen LogP contribution < -0.4 is 19.8 Å². The van der Waals surface area contributed by atoms with Gasteiger partial charge in [0.1, 0.15) is 5.58 Å². The van der Waals surface area contributed by atoms with E-state index >= 15 is 0 Å². The summed E-state index contributed by atoms with van der Waals surface area (Å²) in [5, 5.41) is 5.86. The van der Waals surface area contributed by atoms with Crippen molar-refractivity contribution >= 4 is 44.0 Å². The summed E-state index contributed by atoms with van der Waals surface area (Å²) in [7, 11) is 3.13. The van der Waals surface area contributed by atoms with Crippen LogP contribution in [0.4, 0.5) is 0 Å². The summed E-state index contributed by atoms with van der Waals surface area (Å²) in [5.41, 5.74) is 1.55. The molecule has 0 aliphatic carbocycles. The number of nitrogens with zero attached hydrogens (tertiary/aromatic N) is 3. The first kappa shape index (κ1) is 25.5. The summed E-state index contributed by atoms with van der Waals surface area (Å²) in [6.07, 6.45) is 2.36. The van der Waals surface area contributed by atoms with E-state index in [1.54, 1.807) is 50.8 Å². The molecule has 0 spiro atoms. The van der Waals surface area contributed by atoms with E-state index in [1.807, 2.05) is 44.2 Å². The van der Waals surface area contributed by atoms with Crippen molar-refractivity contribution in [3.63, 3.8) is 0 Å². The van der Waals surface area contributed by atoms with Gasteiger partial charge < -0.3 is 18.6 Å². The maximum Gasteiger partial charge on any atom is 0.282 e. The lowest BCUT2D eigenvalue weighted by atomic mass is 10.2. The molecule has 0 saturated carbocycles. The standard InChI is InChI=1S/C29H26BrN3O5/c1-5-17(2)37-27-24(35-3)12-18(13-25(27)36-4)16-31-33-28(32-22-9-7-6-8-21(22)29(33)34)26-15-19-14-20(30)10-11-23(19)38-26/h6-17H,5H2,1-4H3/t17-/m0/s1. The quantitative estimate of drug-likeness (QED) is 0.192. The van der Waals surface area contributed by atoms with E-state index in [-0.39, 0.29) is 17.5 Å². The molecule has 1 atom stereocenters. The molecule has 9 heteroatoms. The zero-order valence-corrected chi connectivity index (χ0v) is 23.0. The molecule has 194 valence electrons. The lowest BCUT2D eigenvalue weighted by molar-refractivity contribution is 0.198. The Morgan fingerprint density at radius 2 is 1.82 bits per heavy atom. The fourth-order valence-electron chi connectivity index (χ4n) is 4.01. The average Bonchev–Trinajstić information content (AvgIpc) is 3.35. The molecule has 8 nitrogen and oxygen atoms in total. The minimum atomic E-state index is -0.320. The molecule has 0 fully saturated rings. The fourth-order valence-corrected chi connectivity index (χ4v) is 4.39. The number of para-hydroxylation sites is 1. The molecule has 5 aromatic rings. The number of ether oxygens (including phenoxy) is 3. The Hall–Kier alpha value is -4.11. The van der Waals surface area contributed by atoms with Gasteiger partial charge in [-0.15, -0.1) is 0 Å². The van der Waals surface area contributed by atoms with Crippen LogP contribution in [-0.4, -0.2) is 36.2 Å². The van der Waals surface area contributed by atoms with E-state index in [4.69, 9.17) is 23.6 Å². The molecule has 0 N–H and O–H groups in total. The number of halogens is 1. The van der Waals surface area contributed by atoms with Gasteiger partial charge in [-0.2, -0.15) is 9.78 Å². The lowest BCUT2D eigenvalue weighted by Gasteiger charge is -2.18. The van der Waals surface area contributed by atoms with E-state index in [9.17, 15) is 4.79 Å². The van der Waals surface area contributed by atoms with Gasteiger partial charge in [-0.25, -0.2) is 4.98 Å². The Morgan fingerprint density at radius 1 is 1.08 bits per heavy atom. The van der Waals surface area contributed by atoms with Crippen LogP contribution in [0.2, 0.25) is 0 Å². The summed E-state index contributed by atoms with van der Waals surface area (Å²) >= 11 is 3.49. The Bertz CT molecular complexity index is 1700. The monoisotopic (exact) mass is 575 g/mol. The van der Waals surface area contributed by atoms with Gasteiger partial charge in [-0.3, -0.25) is 4.79 Å². The summed E-state index contributed by atoms with van der Waals surface area (Å²) < 4.78 is 25.4. The van der Waals surface area contributed by atoms with Gasteiger partial charge in [0.2, 0.25) is 11.6 Å². The second-order valence-electron chi connectivity index (χ2n) is 8.70. The Labute approximate surface area is 227 Å². The maximum absolute atomic E-state index is 13.6. The highest BCUT2D eigenvalue weighted by Gasteiger charge is 2.18. The second-order valence-corrected chi connectivity index (χ2v) is 9.61. The van der Waals surface area contributed by atoms with Crippen molar-refractivity contribution in [3.05, 3.63) is 81.1 Å². The Balaban J connectivity index is 1.65. The van der Waals surface area contributed by atoms with Crippen LogP contribution in [0.1, 0.15) is 25.8 Å². The summed E-state index contributed by atoms with van der Waals surface area (Å²) in [5.74, 6) is 2.22. The van der Waals surface area contributed by atoms with Crippen molar-refractivity contribution in [2.75, 3.05) is 14.2 Å². The summed E-state index contributed by atoms with van der Waals surface area (Å²) in [6.45, 7) is 4.02. The van der Waals surface area contributed by atoms with Gasteiger partial charge in [0, 0.05) is 15.4 Å². The van der Waals surface area contributed by atoms with Crippen LogP contribution in [-0.2, 0) is 0 Å². The third kappa shape index (κ3) is 4.89. The topological polar surface area (TPSA) is 88.1 Å². The van der Waals surface area contributed by atoms with Crippen LogP contribution in [0.25, 0.3) is 33.5 Å². The molecule has 0 saturated heterocycles. The van der Waals surface area contributed by atoms with Gasteiger partial charge in [0.25, 0.3) is 5.56 Å². The largest absolute Gasteiger partial charge is 0.493 e. The number of methoxy groups -OCH3 is 2. The number of furan rings is 1. The molecule has 5 rings (SSSR count). The lowest BCUT2D eigenvalue weighted by Crippen LogP contribution is -2.20. The van der Waals surface area contributed by atoms with Gasteiger partial charge >= 0.3 is 0 Å². The van der Waals surface area contributed by atoms with E-state index in [0.29, 0.717) is 45.1 Å². The molecular weight excluding hydrogens is 550 g/mol. The number of aromatic nitrogens is 2. The minimum Gasteiger partial charge on any atom is -0.493 e. The second kappa shape index (κ2) is 10.7. The predicted octanol–water partition coefficient (Wildman–Crippen LogP) is 6.65. The fraction of sp³-hybridized carbons (Fsp3) is 0.207. The smallest absolute Gasteiger partial charge is 0.282 e. The first-order valence-electron chi connectivity index (χ1n) is 12.1. The Kier molecular flexibility index (Phi) is 7.20. The first-order chi connectivity index (χ1) is 18.4. The molecule has 38 heavy (non-hydrogen) atoms. The van der Waals surface area contributed by atoms with Gasteiger partial charge in [-0.05, 0) is 61.9 Å². The van der Waals surface area contributed by atoms with Crippen molar-refractivity contribution < 1.29 is 18.6 Å². The number of hydrogen-bond acceptors (Lipinski definition) is 7. The van der Waals surface area contributed by atoms with Crippen molar-refractivity contribution in [3.8, 4) is 28.8 Å². The zero-order valence-electron chi connectivity index (χ0n) is 21.4. The highest BCUT2D eigenvalue weighted by molar-refractivity contribution is 9.10. The number of benzene rings is 3. The van der Waals surface area contributed by atoms with Gasteiger partial charge in [-0.1, -0.05) is 35.0 Å². The predicted molar refractivity (Wildman–Crippen MR) is 152 cm³/mol. The van der Waals surface area contributed by atoms with Crippen molar-refractivity contribution in [2.24, 2.45) is 5.10 Å². The summed E-state index contributed by atoms with van der Waals surface area (Å²) in [4.78, 5) is 18.3. The van der Waals surface area contributed by atoms with E-state index in [2.05, 4.69) is 21.0 Å². The van der Waals surface area contributed by atoms with Crippen LogP contribution in [0, 0.1) is 0 Å². The molecule has 2 aromatic heterocycles. The van der Waals surface area contributed by atoms with Gasteiger partial charge in [0.15, 0.2) is 17.3 Å². The highest BCUT2D eigenvalue weighted by Crippen LogP contribution is 2.39. The van der Waals surface area contributed by atoms with Crippen LogP contribution in [0.3, 0.4) is 0 Å². The SMILES string of the molecule is CC[C@H](C)Oc1c(OC)cc(C=Nn2c(-c3cc4cc(Br)ccc4o3)nc3ccccc3c2=O)cc1OC. The molecule has 0 aliphatic rings. The third-order valence-corrected chi connectivity index (χ3v) is 6.64. The molecule has 0 bridgehead atoms. The van der Waals surface area contributed by atoms with Crippen LogP contribution >= 0.6 is 15.9 Å². The molecular formula is C29H26BrN3O5. The molecule has 3 aromatic carbocycles. The molecule has 0 amide bonds. The Morgan fingerprint density at radius 3 is 2.53 bits per heavy atom. The van der Waals surface area contributed by atoms with Crippen LogP contribution in [0.15, 0.2) is 79.4 Å². The third-order valence-electron chi connectivity index (χ3n) is 6.15. The van der Waals surface area contributed by atoms with Crippen LogP contribution in [0.5, 0.6) is 17.2 Å². The van der Waals surface area contributed by atoms with Crippen molar-refractivity contribution in [1.29, 1.82) is 0 Å². The molecule has 0 unspecified atom stereocenters. The first-order valence-corrected chi connectivity index (χ1v) is 12.9. The molecule has 0 aliphatic heterocycles. The van der Waals surface area contributed by atoms with Crippen molar-refractivity contribution in [2.45, 2.75) is 26.4 Å². The molecule has 0 radical (unpaired) electrons. The normalized spacial score (nSPS) is 12.3. The number of fused-ring (bicyclic) bond motifs is 2. The number of rotatable bonds is 8. The average molecular weight is 576 g/mol. The van der Waals surface area contributed by atoms with E-state index in [0.717, 1.165) is 16.3 Å².